The zero-order valence-corrected chi connectivity index (χ0v) is 9.38. The van der Waals surface area contributed by atoms with Gasteiger partial charge in [0, 0.05) is 10.9 Å². The van der Waals surface area contributed by atoms with Gasteiger partial charge in [0.2, 0.25) is 0 Å². The highest BCUT2D eigenvalue weighted by Gasteiger charge is 2.06. The Balaban J connectivity index is 2.80. The van der Waals surface area contributed by atoms with Crippen molar-refractivity contribution in [3.63, 3.8) is 0 Å². The lowest BCUT2D eigenvalue weighted by Gasteiger charge is -2.09. The van der Waals surface area contributed by atoms with E-state index in [9.17, 15) is 4.79 Å². The Morgan fingerprint density at radius 1 is 1.47 bits per heavy atom. The second kappa shape index (κ2) is 5.83. The fraction of sp³-hybridized carbons (Fsp3) is 0.300. The number of carboxylic acids is 1. The van der Waals surface area contributed by atoms with E-state index in [1.807, 2.05) is 0 Å². The predicted molar refractivity (Wildman–Crippen MR) is 59.0 cm³/mol. The summed E-state index contributed by atoms with van der Waals surface area (Å²) in [6.45, 7) is -0.364. The summed E-state index contributed by atoms with van der Waals surface area (Å²) in [5, 5.41) is 9.05. The minimum atomic E-state index is -1.01. The Bertz CT molecular complexity index is 353. The van der Waals surface area contributed by atoms with Crippen LogP contribution >= 0.6 is 23.2 Å². The van der Waals surface area contributed by atoms with Crippen LogP contribution in [0.1, 0.15) is 5.56 Å². The van der Waals surface area contributed by atoms with Crippen molar-refractivity contribution >= 4 is 29.2 Å². The molecule has 0 radical (unpaired) electrons. The Morgan fingerprint density at radius 3 is 2.80 bits per heavy atom. The number of hydrogen-bond acceptors (Lipinski definition) is 2. The number of aliphatic carboxylic acids is 1. The lowest BCUT2D eigenvalue weighted by molar-refractivity contribution is -0.139. The van der Waals surface area contributed by atoms with Gasteiger partial charge in [0.25, 0.3) is 0 Å². The van der Waals surface area contributed by atoms with Crippen molar-refractivity contribution < 1.29 is 14.6 Å². The number of benzene rings is 1. The molecule has 0 saturated carbocycles. The third kappa shape index (κ3) is 3.98. The van der Waals surface area contributed by atoms with Gasteiger partial charge in [-0.2, -0.15) is 0 Å². The van der Waals surface area contributed by atoms with Crippen molar-refractivity contribution in [3.05, 3.63) is 28.8 Å². The third-order valence-corrected chi connectivity index (χ3v) is 2.16. The van der Waals surface area contributed by atoms with Crippen LogP contribution in [0.15, 0.2) is 18.2 Å². The quantitative estimate of drug-likeness (QED) is 0.816. The molecule has 1 rings (SSSR count). The van der Waals surface area contributed by atoms with Crippen molar-refractivity contribution in [1.29, 1.82) is 0 Å². The van der Waals surface area contributed by atoms with E-state index in [1.165, 1.54) is 0 Å². The average Bonchev–Trinajstić information content (AvgIpc) is 2.17. The first-order valence-corrected chi connectivity index (χ1v) is 5.23. The zero-order chi connectivity index (χ0) is 11.3. The monoisotopic (exact) mass is 248 g/mol. The van der Waals surface area contributed by atoms with Crippen LogP contribution in [0.4, 0.5) is 0 Å². The minimum Gasteiger partial charge on any atom is -0.482 e. The summed E-state index contributed by atoms with van der Waals surface area (Å²) < 4.78 is 5.09. The molecule has 0 aromatic heterocycles. The van der Waals surface area contributed by atoms with Gasteiger partial charge in [0.1, 0.15) is 5.75 Å². The molecule has 0 fully saturated rings. The number of carboxylic acid groups (broad SMARTS) is 1. The predicted octanol–water partition coefficient (Wildman–Crippen LogP) is 2.58. The Kier molecular flexibility index (Phi) is 4.72. The number of aryl methyl sites for hydroxylation is 1. The zero-order valence-electron chi connectivity index (χ0n) is 7.87. The van der Waals surface area contributed by atoms with E-state index < -0.39 is 5.97 Å². The van der Waals surface area contributed by atoms with Crippen molar-refractivity contribution in [2.24, 2.45) is 0 Å². The van der Waals surface area contributed by atoms with Crippen LogP contribution in [-0.4, -0.2) is 23.6 Å². The topological polar surface area (TPSA) is 46.5 Å². The molecular weight excluding hydrogens is 239 g/mol. The van der Waals surface area contributed by atoms with E-state index in [-0.39, 0.29) is 6.61 Å². The minimum absolute atomic E-state index is 0.364. The summed E-state index contributed by atoms with van der Waals surface area (Å²) in [4.78, 5) is 10.3. The Morgan fingerprint density at radius 2 is 2.20 bits per heavy atom. The van der Waals surface area contributed by atoms with Crippen molar-refractivity contribution in [1.82, 2.24) is 0 Å². The number of ether oxygens (including phenoxy) is 1. The van der Waals surface area contributed by atoms with Crippen LogP contribution in [-0.2, 0) is 11.2 Å². The van der Waals surface area contributed by atoms with E-state index in [0.29, 0.717) is 23.1 Å². The summed E-state index contributed by atoms with van der Waals surface area (Å²) in [6.07, 6.45) is 0.594. The molecule has 0 atom stereocenters. The van der Waals surface area contributed by atoms with Gasteiger partial charge < -0.3 is 9.84 Å². The molecule has 0 spiro atoms. The van der Waals surface area contributed by atoms with Crippen molar-refractivity contribution in [3.8, 4) is 5.75 Å². The highest BCUT2D eigenvalue weighted by molar-refractivity contribution is 6.30. The van der Waals surface area contributed by atoms with Gasteiger partial charge in [-0.3, -0.25) is 0 Å². The lowest BCUT2D eigenvalue weighted by Crippen LogP contribution is -2.10. The molecule has 1 aromatic rings. The molecule has 0 amide bonds. The summed E-state index contributed by atoms with van der Waals surface area (Å²) in [6, 6.07) is 5.02. The van der Waals surface area contributed by atoms with Crippen LogP contribution in [0.5, 0.6) is 5.75 Å². The van der Waals surface area contributed by atoms with Crippen molar-refractivity contribution in [2.75, 3.05) is 12.5 Å². The standard InChI is InChI=1S/C10H10Cl2O3/c11-4-3-7-5-8(12)1-2-9(7)15-6-10(13)14/h1-2,5H,3-4,6H2,(H,13,14). The van der Waals surface area contributed by atoms with Gasteiger partial charge in [-0.25, -0.2) is 4.79 Å². The van der Waals surface area contributed by atoms with Gasteiger partial charge in [0.15, 0.2) is 6.61 Å². The molecule has 0 heterocycles. The molecule has 3 nitrogen and oxygen atoms in total. The van der Waals surface area contributed by atoms with E-state index in [4.69, 9.17) is 33.0 Å². The van der Waals surface area contributed by atoms with E-state index in [0.717, 1.165) is 5.56 Å². The maximum Gasteiger partial charge on any atom is 0.341 e. The lowest BCUT2D eigenvalue weighted by atomic mass is 10.1. The first kappa shape index (κ1) is 12.1. The molecule has 0 saturated heterocycles. The molecule has 15 heavy (non-hydrogen) atoms. The van der Waals surface area contributed by atoms with E-state index >= 15 is 0 Å². The highest BCUT2D eigenvalue weighted by Crippen LogP contribution is 2.23. The van der Waals surface area contributed by atoms with E-state index in [2.05, 4.69) is 0 Å². The smallest absolute Gasteiger partial charge is 0.341 e. The molecule has 0 unspecified atom stereocenters. The second-order valence-corrected chi connectivity index (χ2v) is 3.69. The van der Waals surface area contributed by atoms with E-state index in [1.54, 1.807) is 18.2 Å². The molecule has 82 valence electrons. The van der Waals surface area contributed by atoms with Crippen LogP contribution in [0.25, 0.3) is 0 Å². The van der Waals surface area contributed by atoms with Crippen LogP contribution in [0.2, 0.25) is 5.02 Å². The average molecular weight is 249 g/mol. The summed E-state index contributed by atoms with van der Waals surface area (Å²) in [5.74, 6) is -0.0618. The van der Waals surface area contributed by atoms with Crippen LogP contribution in [0, 0.1) is 0 Å². The SMILES string of the molecule is O=C(O)COc1ccc(Cl)cc1CCCl. The normalized spacial score (nSPS) is 10.0. The Hall–Kier alpha value is -0.930. The fourth-order valence-electron chi connectivity index (χ4n) is 1.13. The molecule has 1 N–H and O–H groups in total. The molecule has 0 aliphatic heterocycles. The molecule has 0 aliphatic carbocycles. The number of alkyl halides is 1. The first-order chi connectivity index (χ1) is 7.13. The summed E-state index contributed by atoms with van der Waals surface area (Å²) in [5.41, 5.74) is 0.818. The highest BCUT2D eigenvalue weighted by atomic mass is 35.5. The van der Waals surface area contributed by atoms with Crippen LogP contribution in [0.3, 0.4) is 0 Å². The van der Waals surface area contributed by atoms with Crippen molar-refractivity contribution in [2.45, 2.75) is 6.42 Å². The largest absolute Gasteiger partial charge is 0.482 e. The maximum absolute atomic E-state index is 10.3. The third-order valence-electron chi connectivity index (χ3n) is 1.74. The summed E-state index contributed by atoms with van der Waals surface area (Å²) >= 11 is 11.4. The summed E-state index contributed by atoms with van der Waals surface area (Å²) in [7, 11) is 0. The molecule has 1 aromatic carbocycles. The molecule has 0 aliphatic rings. The number of halogens is 2. The van der Waals surface area contributed by atoms with Gasteiger partial charge in [-0.1, -0.05) is 11.6 Å². The number of carbonyl (C=O) groups is 1. The number of hydrogen-bond donors (Lipinski definition) is 1. The van der Waals surface area contributed by atoms with Gasteiger partial charge in [0.05, 0.1) is 0 Å². The fourth-order valence-corrected chi connectivity index (χ4v) is 1.52. The Labute approximate surface area is 97.6 Å². The number of rotatable bonds is 5. The molecule has 5 heteroatoms. The maximum atomic E-state index is 10.3. The molecule has 0 bridgehead atoms. The second-order valence-electron chi connectivity index (χ2n) is 2.87. The van der Waals surface area contributed by atoms with Crippen LogP contribution < -0.4 is 4.74 Å². The first-order valence-electron chi connectivity index (χ1n) is 4.32. The van der Waals surface area contributed by atoms with Gasteiger partial charge in [-0.15, -0.1) is 11.6 Å². The molecular formula is C10H10Cl2O3. The van der Waals surface area contributed by atoms with Gasteiger partial charge in [-0.05, 0) is 30.2 Å². The van der Waals surface area contributed by atoms with Gasteiger partial charge >= 0.3 is 5.97 Å².